The average molecular weight is 522 g/mol. The summed E-state index contributed by atoms with van der Waals surface area (Å²) in [4.78, 5) is 29.1. The molecule has 7 nitrogen and oxygen atoms in total. The van der Waals surface area contributed by atoms with Crippen LogP contribution in [0.15, 0.2) is 72.8 Å². The quantitative estimate of drug-likeness (QED) is 0.399. The minimum atomic E-state index is -0.919. The van der Waals surface area contributed by atoms with Crippen LogP contribution in [0, 0.1) is 11.6 Å². The van der Waals surface area contributed by atoms with Crippen molar-refractivity contribution in [2.45, 2.75) is 31.8 Å². The molecule has 2 atom stereocenters. The molecule has 4 N–H and O–H groups in total. The second kappa shape index (κ2) is 11.6. The van der Waals surface area contributed by atoms with Gasteiger partial charge in [0.2, 0.25) is 5.91 Å². The van der Waals surface area contributed by atoms with Crippen molar-refractivity contribution in [1.29, 1.82) is 0 Å². The largest absolute Gasteiger partial charge is 0.368 e. The van der Waals surface area contributed by atoms with Crippen LogP contribution in [0.4, 0.5) is 25.0 Å². The first-order chi connectivity index (χ1) is 18.2. The topological polar surface area (TPSA) is 90.7 Å². The van der Waals surface area contributed by atoms with Gasteiger partial charge in [-0.3, -0.25) is 9.69 Å². The highest BCUT2D eigenvalue weighted by atomic mass is 19.1. The van der Waals surface area contributed by atoms with Gasteiger partial charge in [0, 0.05) is 31.9 Å². The molecule has 3 amide bonds. The molecule has 0 aliphatic carbocycles. The minimum absolute atomic E-state index is 0.316. The summed E-state index contributed by atoms with van der Waals surface area (Å²) in [6.45, 7) is 5.83. The van der Waals surface area contributed by atoms with Gasteiger partial charge in [-0.25, -0.2) is 13.6 Å². The number of nitrogens with zero attached hydrogens (tertiary/aromatic N) is 2. The number of nitrogens with two attached hydrogens (primary N) is 1. The van der Waals surface area contributed by atoms with Crippen LogP contribution in [0.1, 0.15) is 37.4 Å². The molecule has 38 heavy (non-hydrogen) atoms. The maximum absolute atomic E-state index is 15.1. The molecule has 200 valence electrons. The van der Waals surface area contributed by atoms with Crippen molar-refractivity contribution in [2.75, 3.05) is 36.4 Å². The number of benzene rings is 3. The van der Waals surface area contributed by atoms with Gasteiger partial charge in [0.05, 0.1) is 11.7 Å². The SMILES string of the molecule is CCC(C(N)=O)(c1ccccc1)N1CCN(c2ccc(NC(=O)NC(C)c3ccc(F)cc3)cc2F)CC1. The van der Waals surface area contributed by atoms with Crippen molar-refractivity contribution in [3.05, 3.63) is 95.6 Å². The Kier molecular flexibility index (Phi) is 8.26. The van der Waals surface area contributed by atoms with E-state index in [4.69, 9.17) is 5.73 Å². The predicted octanol–water partition coefficient (Wildman–Crippen LogP) is 4.76. The van der Waals surface area contributed by atoms with Crippen LogP contribution < -0.4 is 21.3 Å². The van der Waals surface area contributed by atoms with Gasteiger partial charge in [-0.05, 0) is 54.8 Å². The molecule has 0 radical (unpaired) electrons. The summed E-state index contributed by atoms with van der Waals surface area (Å²) in [5.41, 5.74) is 7.36. The highest BCUT2D eigenvalue weighted by molar-refractivity contribution is 5.89. The summed E-state index contributed by atoms with van der Waals surface area (Å²) < 4.78 is 28.2. The van der Waals surface area contributed by atoms with Crippen molar-refractivity contribution in [3.63, 3.8) is 0 Å². The lowest BCUT2D eigenvalue weighted by atomic mass is 9.84. The van der Waals surface area contributed by atoms with Gasteiger partial charge in [0.25, 0.3) is 0 Å². The van der Waals surface area contributed by atoms with E-state index in [1.54, 1.807) is 31.2 Å². The highest BCUT2D eigenvalue weighted by Crippen LogP contribution is 2.34. The number of halogens is 2. The van der Waals surface area contributed by atoms with Gasteiger partial charge in [0.15, 0.2) is 0 Å². The van der Waals surface area contributed by atoms with Crippen molar-refractivity contribution in [2.24, 2.45) is 5.73 Å². The second-order valence-electron chi connectivity index (χ2n) is 9.46. The fraction of sp³-hybridized carbons (Fsp3) is 0.310. The smallest absolute Gasteiger partial charge is 0.319 e. The first-order valence-electron chi connectivity index (χ1n) is 12.7. The molecule has 0 spiro atoms. The maximum Gasteiger partial charge on any atom is 0.319 e. The van der Waals surface area contributed by atoms with Crippen LogP contribution in [0.25, 0.3) is 0 Å². The lowest BCUT2D eigenvalue weighted by Crippen LogP contribution is -2.60. The molecule has 1 saturated heterocycles. The van der Waals surface area contributed by atoms with E-state index in [2.05, 4.69) is 15.5 Å². The molecule has 2 unspecified atom stereocenters. The van der Waals surface area contributed by atoms with E-state index in [0.29, 0.717) is 44.0 Å². The zero-order valence-corrected chi connectivity index (χ0v) is 21.6. The first-order valence-corrected chi connectivity index (χ1v) is 12.7. The Hall–Kier alpha value is -3.98. The Labute approximate surface area is 221 Å². The molecular weight excluding hydrogens is 488 g/mol. The standard InChI is InChI=1S/C29H33F2N5O2/c1-3-29(27(32)37,22-7-5-4-6-8-22)36-17-15-35(16-18-36)26-14-13-24(19-25(26)31)34-28(38)33-20(2)21-9-11-23(30)12-10-21/h4-14,19-20H,3,15-18H2,1-2H3,(H2,32,37)(H2,33,34,38). The lowest BCUT2D eigenvalue weighted by Gasteiger charge is -2.46. The lowest BCUT2D eigenvalue weighted by molar-refractivity contribution is -0.131. The number of hydrogen-bond donors (Lipinski definition) is 3. The number of piperazine rings is 1. The van der Waals surface area contributed by atoms with Gasteiger partial charge in [-0.1, -0.05) is 49.4 Å². The van der Waals surface area contributed by atoms with Crippen LogP contribution in [-0.4, -0.2) is 43.0 Å². The number of hydrogen-bond acceptors (Lipinski definition) is 4. The fourth-order valence-corrected chi connectivity index (χ4v) is 5.17. The Balaban J connectivity index is 1.39. The van der Waals surface area contributed by atoms with Crippen LogP contribution in [0.2, 0.25) is 0 Å². The molecule has 9 heteroatoms. The summed E-state index contributed by atoms with van der Waals surface area (Å²) in [5, 5.41) is 5.41. The van der Waals surface area contributed by atoms with Crippen LogP contribution in [-0.2, 0) is 10.3 Å². The normalized spacial score (nSPS) is 16.4. The van der Waals surface area contributed by atoms with Gasteiger partial charge in [-0.15, -0.1) is 0 Å². The number of nitrogens with one attached hydrogen (secondary N) is 2. The zero-order valence-electron chi connectivity index (χ0n) is 21.6. The number of anilines is 2. The van der Waals surface area contributed by atoms with Crippen molar-refractivity contribution in [3.8, 4) is 0 Å². The molecular formula is C29H33F2N5O2. The first kappa shape index (κ1) is 27.1. The molecule has 1 heterocycles. The summed E-state index contributed by atoms with van der Waals surface area (Å²) in [6, 6.07) is 19.1. The molecule has 3 aromatic carbocycles. The van der Waals surface area contributed by atoms with E-state index >= 15 is 4.39 Å². The number of carbonyl (C=O) groups excluding carboxylic acids is 2. The molecule has 1 fully saturated rings. The molecule has 3 aromatic rings. The van der Waals surface area contributed by atoms with Crippen molar-refractivity contribution < 1.29 is 18.4 Å². The fourth-order valence-electron chi connectivity index (χ4n) is 5.17. The maximum atomic E-state index is 15.1. The van der Waals surface area contributed by atoms with Crippen LogP contribution in [0.5, 0.6) is 0 Å². The number of carbonyl (C=O) groups is 2. The molecule has 0 saturated carbocycles. The summed E-state index contributed by atoms with van der Waals surface area (Å²) in [6.07, 6.45) is 0.531. The van der Waals surface area contributed by atoms with Gasteiger partial charge >= 0.3 is 6.03 Å². The number of primary amides is 1. The Morgan fingerprint density at radius 1 is 0.974 bits per heavy atom. The highest BCUT2D eigenvalue weighted by Gasteiger charge is 2.43. The van der Waals surface area contributed by atoms with Crippen molar-refractivity contribution in [1.82, 2.24) is 10.2 Å². The van der Waals surface area contributed by atoms with Crippen molar-refractivity contribution >= 4 is 23.3 Å². The molecule has 1 aliphatic rings. The Morgan fingerprint density at radius 2 is 1.63 bits per heavy atom. The summed E-state index contributed by atoms with van der Waals surface area (Å²) in [5.74, 6) is -1.20. The van der Waals surface area contributed by atoms with Crippen LogP contribution in [0.3, 0.4) is 0 Å². The van der Waals surface area contributed by atoms with Gasteiger partial charge in [-0.2, -0.15) is 0 Å². The third-order valence-electron chi connectivity index (χ3n) is 7.25. The average Bonchev–Trinajstić information content (AvgIpc) is 2.91. The molecule has 4 rings (SSSR count). The second-order valence-corrected chi connectivity index (χ2v) is 9.46. The van der Waals surface area contributed by atoms with E-state index in [-0.39, 0.29) is 11.9 Å². The zero-order chi connectivity index (χ0) is 27.3. The molecule has 0 bridgehead atoms. The van der Waals surface area contributed by atoms with Gasteiger partial charge in [0.1, 0.15) is 17.2 Å². The van der Waals surface area contributed by atoms with Gasteiger partial charge < -0.3 is 21.3 Å². The third-order valence-corrected chi connectivity index (χ3v) is 7.25. The number of rotatable bonds is 8. The number of urea groups is 1. The molecule has 1 aliphatic heterocycles. The van der Waals surface area contributed by atoms with E-state index < -0.39 is 23.3 Å². The van der Waals surface area contributed by atoms with E-state index in [0.717, 1.165) is 11.1 Å². The Morgan fingerprint density at radius 3 is 2.21 bits per heavy atom. The predicted molar refractivity (Wildman–Crippen MR) is 145 cm³/mol. The van der Waals surface area contributed by atoms with E-state index in [9.17, 15) is 14.0 Å². The van der Waals surface area contributed by atoms with Crippen LogP contribution >= 0.6 is 0 Å². The summed E-state index contributed by atoms with van der Waals surface area (Å²) >= 11 is 0. The Bertz CT molecular complexity index is 1260. The molecule has 0 aromatic heterocycles. The minimum Gasteiger partial charge on any atom is -0.368 e. The third kappa shape index (κ3) is 5.62. The monoisotopic (exact) mass is 521 g/mol. The van der Waals surface area contributed by atoms with E-state index in [1.165, 1.54) is 18.2 Å². The summed E-state index contributed by atoms with van der Waals surface area (Å²) in [7, 11) is 0. The number of amides is 3. The van der Waals surface area contributed by atoms with E-state index in [1.807, 2.05) is 42.2 Å².